The van der Waals surface area contributed by atoms with Gasteiger partial charge in [-0.3, -0.25) is 0 Å². The van der Waals surface area contributed by atoms with Crippen molar-refractivity contribution >= 4 is 43.6 Å². The van der Waals surface area contributed by atoms with Crippen LogP contribution in [-0.2, 0) is 0 Å². The lowest BCUT2D eigenvalue weighted by Crippen LogP contribution is -1.94. The lowest BCUT2D eigenvalue weighted by molar-refractivity contribution is 0.671. The first kappa shape index (κ1) is 32.8. The van der Waals surface area contributed by atoms with Crippen LogP contribution >= 0.6 is 0 Å². The Morgan fingerprint density at radius 3 is 1.28 bits per heavy atom. The van der Waals surface area contributed by atoms with Crippen molar-refractivity contribution in [1.82, 2.24) is 9.97 Å². The number of furan rings is 1. The van der Waals surface area contributed by atoms with Crippen molar-refractivity contribution in [1.29, 1.82) is 0 Å². The van der Waals surface area contributed by atoms with Crippen LogP contribution in [0, 0.1) is 0 Å². The number of rotatable bonds is 6. The van der Waals surface area contributed by atoms with Gasteiger partial charge in [0.1, 0.15) is 16.8 Å². The Kier molecular flexibility index (Phi) is 7.82. The van der Waals surface area contributed by atoms with Gasteiger partial charge in [0.25, 0.3) is 0 Å². The summed E-state index contributed by atoms with van der Waals surface area (Å²) in [6.45, 7) is 0. The maximum Gasteiger partial charge on any atom is 0.180 e. The molecule has 9 aromatic carbocycles. The van der Waals surface area contributed by atoms with Crippen LogP contribution in [0.4, 0.5) is 0 Å². The molecule has 2 aromatic heterocycles. The van der Waals surface area contributed by atoms with Gasteiger partial charge in [-0.15, -0.1) is 0 Å². The average Bonchev–Trinajstić information content (AvgIpc) is 3.70. The van der Waals surface area contributed by atoms with E-state index < -0.39 is 0 Å². The predicted octanol–water partition coefficient (Wildman–Crippen LogP) is 14.7. The zero-order valence-electron chi connectivity index (χ0n) is 30.9. The minimum absolute atomic E-state index is 0.655. The molecule has 0 unspecified atom stereocenters. The van der Waals surface area contributed by atoms with Gasteiger partial charge in [-0.1, -0.05) is 176 Å². The first-order chi connectivity index (χ1) is 28.2. The smallest absolute Gasteiger partial charge is 0.180 e. The summed E-state index contributed by atoms with van der Waals surface area (Å²) in [7, 11) is 0. The molecule has 0 aliphatic rings. The molecule has 57 heavy (non-hydrogen) atoms. The summed E-state index contributed by atoms with van der Waals surface area (Å²) < 4.78 is 6.85. The van der Waals surface area contributed by atoms with Gasteiger partial charge >= 0.3 is 0 Å². The third-order valence-corrected chi connectivity index (χ3v) is 11.0. The van der Waals surface area contributed by atoms with Crippen molar-refractivity contribution in [3.63, 3.8) is 0 Å². The van der Waals surface area contributed by atoms with Gasteiger partial charge in [0.15, 0.2) is 11.4 Å². The van der Waals surface area contributed by atoms with Gasteiger partial charge in [0.05, 0.1) is 5.39 Å². The Morgan fingerprint density at radius 2 is 0.684 bits per heavy atom. The van der Waals surface area contributed by atoms with E-state index in [9.17, 15) is 0 Å². The predicted molar refractivity (Wildman–Crippen MR) is 237 cm³/mol. The fourth-order valence-electron chi connectivity index (χ4n) is 8.29. The highest BCUT2D eigenvalue weighted by Gasteiger charge is 2.22. The number of hydrogen-bond donors (Lipinski definition) is 0. The zero-order chi connectivity index (χ0) is 37.7. The number of benzene rings is 9. The summed E-state index contributed by atoms with van der Waals surface area (Å²) in [4.78, 5) is 10.6. The topological polar surface area (TPSA) is 38.9 Å². The molecule has 0 N–H and O–H groups in total. The Morgan fingerprint density at radius 1 is 0.281 bits per heavy atom. The molecule has 0 bridgehead atoms. The lowest BCUT2D eigenvalue weighted by atomic mass is 9.92. The van der Waals surface area contributed by atoms with Crippen molar-refractivity contribution in [3.8, 4) is 67.2 Å². The molecule has 0 fully saturated rings. The number of nitrogens with zero attached hydrogens (tertiary/aromatic N) is 2. The minimum Gasteiger partial charge on any atom is -0.451 e. The van der Waals surface area contributed by atoms with Crippen molar-refractivity contribution < 1.29 is 4.42 Å². The SMILES string of the molecule is c1ccc(-c2cc(-c3ccccc3)cc(-c3cccc(-c4cccc(-c5nc(-c6ccccc6)c6oc7c8ccccc8c8ccccc8c7c6n5)c4)c3)c2)cc1. The highest BCUT2D eigenvalue weighted by Crippen LogP contribution is 2.43. The maximum absolute atomic E-state index is 6.85. The fraction of sp³-hybridized carbons (Fsp3) is 0. The Hall–Kier alpha value is -7.62. The van der Waals surface area contributed by atoms with E-state index in [1.54, 1.807) is 0 Å². The van der Waals surface area contributed by atoms with Crippen molar-refractivity contribution in [2.75, 3.05) is 0 Å². The molecule has 0 amide bonds. The Labute approximate surface area is 330 Å². The third-order valence-electron chi connectivity index (χ3n) is 11.0. The molecule has 0 atom stereocenters. The first-order valence-electron chi connectivity index (χ1n) is 19.3. The molecule has 11 rings (SSSR count). The van der Waals surface area contributed by atoms with Crippen molar-refractivity contribution in [3.05, 3.63) is 206 Å². The molecular formula is C54H34N2O. The normalized spacial score (nSPS) is 11.5. The second-order valence-corrected chi connectivity index (χ2v) is 14.5. The molecule has 3 nitrogen and oxygen atoms in total. The summed E-state index contributed by atoms with van der Waals surface area (Å²) in [6.07, 6.45) is 0. The highest BCUT2D eigenvalue weighted by molar-refractivity contribution is 6.30. The molecule has 266 valence electrons. The minimum atomic E-state index is 0.655. The summed E-state index contributed by atoms with van der Waals surface area (Å²) in [6, 6.07) is 72.8. The molecule has 0 aliphatic carbocycles. The maximum atomic E-state index is 6.85. The molecular weight excluding hydrogens is 693 g/mol. The van der Waals surface area contributed by atoms with E-state index in [4.69, 9.17) is 14.4 Å². The molecule has 0 spiro atoms. The van der Waals surface area contributed by atoms with Crippen LogP contribution in [0.25, 0.3) is 111 Å². The van der Waals surface area contributed by atoms with E-state index in [-0.39, 0.29) is 0 Å². The van der Waals surface area contributed by atoms with Gasteiger partial charge in [-0.05, 0) is 91.0 Å². The van der Waals surface area contributed by atoms with E-state index in [0.717, 1.165) is 66.2 Å². The van der Waals surface area contributed by atoms with Crippen molar-refractivity contribution in [2.45, 2.75) is 0 Å². The van der Waals surface area contributed by atoms with Crippen LogP contribution < -0.4 is 0 Å². The summed E-state index contributed by atoms with van der Waals surface area (Å²) in [5.41, 5.74) is 14.3. The van der Waals surface area contributed by atoms with Gasteiger partial charge in [0, 0.05) is 16.5 Å². The standard InChI is InChI=1S/C54H34N2O/c1-4-16-35(17-5-1)42-32-43(36-18-6-2-7-19-36)34-44(33-42)40-24-14-22-38(30-40)39-23-15-25-41(31-39)54-55-50(37-20-8-3-9-21-37)53-51(56-54)49-47-28-12-10-26-45(47)46-27-11-13-29-48(46)52(49)57-53/h1-34H. The van der Waals surface area contributed by atoms with E-state index in [0.29, 0.717) is 11.4 Å². The fourth-order valence-corrected chi connectivity index (χ4v) is 8.29. The molecule has 0 saturated heterocycles. The van der Waals surface area contributed by atoms with Crippen LogP contribution in [0.1, 0.15) is 0 Å². The number of fused-ring (bicyclic) bond motifs is 8. The lowest BCUT2D eigenvalue weighted by Gasteiger charge is -2.13. The number of aromatic nitrogens is 2. The molecule has 0 saturated carbocycles. The first-order valence-corrected chi connectivity index (χ1v) is 19.3. The second-order valence-electron chi connectivity index (χ2n) is 14.5. The monoisotopic (exact) mass is 726 g/mol. The summed E-state index contributed by atoms with van der Waals surface area (Å²) in [5, 5.41) is 5.53. The Bertz CT molecular complexity index is 3220. The molecule has 2 heterocycles. The largest absolute Gasteiger partial charge is 0.451 e. The van der Waals surface area contributed by atoms with Gasteiger partial charge < -0.3 is 4.42 Å². The van der Waals surface area contributed by atoms with E-state index >= 15 is 0 Å². The number of hydrogen-bond acceptors (Lipinski definition) is 3. The van der Waals surface area contributed by atoms with Crippen LogP contribution in [0.15, 0.2) is 211 Å². The van der Waals surface area contributed by atoms with E-state index in [1.165, 1.54) is 33.2 Å². The van der Waals surface area contributed by atoms with Crippen LogP contribution in [0.2, 0.25) is 0 Å². The van der Waals surface area contributed by atoms with E-state index in [1.807, 2.05) is 18.2 Å². The average molecular weight is 727 g/mol. The second kappa shape index (κ2) is 13.6. The Balaban J connectivity index is 1.07. The van der Waals surface area contributed by atoms with Gasteiger partial charge in [-0.25, -0.2) is 9.97 Å². The molecule has 0 aliphatic heterocycles. The zero-order valence-corrected chi connectivity index (χ0v) is 30.9. The quantitative estimate of drug-likeness (QED) is 0.160. The van der Waals surface area contributed by atoms with Crippen LogP contribution in [-0.4, -0.2) is 9.97 Å². The summed E-state index contributed by atoms with van der Waals surface area (Å²) >= 11 is 0. The van der Waals surface area contributed by atoms with E-state index in [2.05, 4.69) is 188 Å². The summed E-state index contributed by atoms with van der Waals surface area (Å²) in [5.74, 6) is 0.655. The molecule has 0 radical (unpaired) electrons. The molecule has 11 aromatic rings. The van der Waals surface area contributed by atoms with Crippen molar-refractivity contribution in [2.24, 2.45) is 0 Å². The van der Waals surface area contributed by atoms with Crippen LogP contribution in [0.5, 0.6) is 0 Å². The van der Waals surface area contributed by atoms with Gasteiger partial charge in [-0.2, -0.15) is 0 Å². The van der Waals surface area contributed by atoms with Crippen LogP contribution in [0.3, 0.4) is 0 Å². The van der Waals surface area contributed by atoms with Gasteiger partial charge in [0.2, 0.25) is 0 Å². The highest BCUT2D eigenvalue weighted by atomic mass is 16.3. The molecule has 3 heteroatoms. The third kappa shape index (κ3) is 5.76.